The maximum Gasteiger partial charge on any atom is 0.176 e. The molecule has 0 aliphatic heterocycles. The van der Waals surface area contributed by atoms with E-state index in [9.17, 15) is 9.90 Å². The van der Waals surface area contributed by atoms with E-state index in [1.54, 1.807) is 18.2 Å². The molecule has 0 unspecified atom stereocenters. The summed E-state index contributed by atoms with van der Waals surface area (Å²) in [5.41, 5.74) is 0.644. The number of carboxylic acid groups (broad SMARTS) is 1. The van der Waals surface area contributed by atoms with Crippen LogP contribution in [0.15, 0.2) is 24.3 Å². The van der Waals surface area contributed by atoms with Crippen LogP contribution in [-0.4, -0.2) is 16.2 Å². The molecule has 6 heteroatoms. The molecule has 15 heavy (non-hydrogen) atoms. The molecule has 0 saturated heterocycles. The van der Waals surface area contributed by atoms with Gasteiger partial charge in [0.25, 0.3) is 0 Å². The predicted octanol–water partition coefficient (Wildman–Crippen LogP) is 1.23. The Morgan fingerprint density at radius 1 is 1.47 bits per heavy atom. The summed E-state index contributed by atoms with van der Waals surface area (Å²) < 4.78 is 0.512. The van der Waals surface area contributed by atoms with Crippen molar-refractivity contribution in [3.63, 3.8) is 0 Å². The summed E-state index contributed by atoms with van der Waals surface area (Å²) in [7, 11) is 0. The van der Waals surface area contributed by atoms with Crippen LogP contribution in [0.3, 0.4) is 0 Å². The topological polar surface area (TPSA) is 68.8 Å². The van der Waals surface area contributed by atoms with E-state index in [2.05, 4.69) is 10.2 Å². The van der Waals surface area contributed by atoms with Crippen molar-refractivity contribution in [3.8, 4) is 10.6 Å². The van der Waals surface area contributed by atoms with E-state index in [4.69, 9.17) is 12.2 Å². The van der Waals surface area contributed by atoms with Gasteiger partial charge in [0.2, 0.25) is 0 Å². The average Bonchev–Trinajstić information content (AvgIpc) is 2.65. The number of hydrogen-bond donors (Lipinski definition) is 1. The van der Waals surface area contributed by atoms with Gasteiger partial charge in [-0.15, -0.1) is 0 Å². The summed E-state index contributed by atoms with van der Waals surface area (Å²) in [6, 6.07) is 6.54. The van der Waals surface area contributed by atoms with Crippen LogP contribution in [0.4, 0.5) is 0 Å². The number of benzene rings is 1. The van der Waals surface area contributed by atoms with Gasteiger partial charge in [-0.2, -0.15) is 5.10 Å². The molecule has 0 bridgehead atoms. The van der Waals surface area contributed by atoms with Gasteiger partial charge in [0.05, 0.1) is 5.97 Å². The zero-order valence-electron chi connectivity index (χ0n) is 7.39. The Morgan fingerprint density at radius 2 is 2.20 bits per heavy atom. The Balaban J connectivity index is 2.62. The first-order chi connectivity index (χ1) is 7.18. The Bertz CT molecular complexity index is 559. The lowest BCUT2D eigenvalue weighted by Gasteiger charge is -2.06. The number of carboxylic acids is 1. The average molecular weight is 237 g/mol. The summed E-state index contributed by atoms with van der Waals surface area (Å²) in [5.74, 6) is -1.22. The van der Waals surface area contributed by atoms with E-state index >= 15 is 0 Å². The molecule has 0 spiro atoms. The number of aromatic amines is 1. The Hall–Kier alpha value is -1.53. The van der Waals surface area contributed by atoms with E-state index in [0.717, 1.165) is 0 Å². The summed E-state index contributed by atoms with van der Waals surface area (Å²) in [6.45, 7) is 0. The van der Waals surface area contributed by atoms with Gasteiger partial charge in [-0.1, -0.05) is 35.6 Å². The Morgan fingerprint density at radius 3 is 2.80 bits per heavy atom. The van der Waals surface area contributed by atoms with Crippen molar-refractivity contribution in [3.05, 3.63) is 33.8 Å². The summed E-state index contributed by atoms with van der Waals surface area (Å²) >= 11 is 6.11. The molecule has 76 valence electrons. The Labute approximate surface area is 94.2 Å². The molecule has 0 aliphatic carbocycles. The second kappa shape index (κ2) is 3.92. The molecular formula is C9H5N2O2S2-. The molecule has 1 aromatic carbocycles. The zero-order chi connectivity index (χ0) is 10.8. The highest BCUT2D eigenvalue weighted by Gasteiger charge is 2.07. The van der Waals surface area contributed by atoms with Crippen molar-refractivity contribution in [2.75, 3.05) is 0 Å². The second-order valence-electron chi connectivity index (χ2n) is 2.75. The number of H-pyrrole nitrogens is 1. The predicted molar refractivity (Wildman–Crippen MR) is 57.1 cm³/mol. The number of aromatic carboxylic acids is 1. The van der Waals surface area contributed by atoms with E-state index in [1.165, 1.54) is 17.4 Å². The van der Waals surface area contributed by atoms with Crippen LogP contribution < -0.4 is 5.11 Å². The highest BCUT2D eigenvalue weighted by atomic mass is 32.1. The van der Waals surface area contributed by atoms with Gasteiger partial charge in [0, 0.05) is 11.1 Å². The van der Waals surface area contributed by atoms with Gasteiger partial charge in [0.15, 0.2) is 3.95 Å². The summed E-state index contributed by atoms with van der Waals surface area (Å²) in [4.78, 5) is 10.8. The third-order valence-electron chi connectivity index (χ3n) is 1.82. The molecule has 1 heterocycles. The standard InChI is InChI=1S/C9H6N2O2S2/c12-8(13)6-4-2-1-3-5(6)7-10-11-9(14)15-7/h1-4H,(H,11,14)(H,12,13)/p-1. The molecule has 1 N–H and O–H groups in total. The van der Waals surface area contributed by atoms with Crippen LogP contribution in [0, 0.1) is 3.95 Å². The van der Waals surface area contributed by atoms with Gasteiger partial charge in [-0.25, -0.2) is 0 Å². The number of hydrogen-bond acceptors (Lipinski definition) is 5. The molecule has 0 radical (unpaired) electrons. The number of carbonyl (C=O) groups excluding carboxylic acids is 1. The van der Waals surface area contributed by atoms with Crippen molar-refractivity contribution in [1.82, 2.24) is 10.2 Å². The lowest BCUT2D eigenvalue weighted by atomic mass is 10.1. The first-order valence-electron chi connectivity index (χ1n) is 4.05. The molecule has 1 aromatic heterocycles. The molecule has 0 aliphatic rings. The third kappa shape index (κ3) is 1.95. The van der Waals surface area contributed by atoms with Crippen LogP contribution >= 0.6 is 23.6 Å². The number of aromatic nitrogens is 2. The first kappa shape index (κ1) is 10.0. The Kier molecular flexibility index (Phi) is 2.61. The van der Waals surface area contributed by atoms with Crippen molar-refractivity contribution < 1.29 is 9.90 Å². The highest BCUT2D eigenvalue weighted by Crippen LogP contribution is 2.24. The molecule has 4 nitrogen and oxygen atoms in total. The minimum atomic E-state index is -1.22. The van der Waals surface area contributed by atoms with Gasteiger partial charge in [-0.05, 0) is 12.2 Å². The molecule has 0 amide bonds. The van der Waals surface area contributed by atoms with Crippen molar-refractivity contribution in [1.29, 1.82) is 0 Å². The third-order valence-corrected chi connectivity index (χ3v) is 2.94. The first-order valence-corrected chi connectivity index (χ1v) is 5.27. The molecule has 0 fully saturated rings. The van der Waals surface area contributed by atoms with Crippen LogP contribution in [0.2, 0.25) is 0 Å². The zero-order valence-corrected chi connectivity index (χ0v) is 9.02. The maximum atomic E-state index is 10.8. The minimum absolute atomic E-state index is 0.121. The van der Waals surface area contributed by atoms with Gasteiger partial charge in [-0.3, -0.25) is 5.10 Å². The molecule has 0 saturated carbocycles. The van der Waals surface area contributed by atoms with Crippen molar-refractivity contribution in [2.45, 2.75) is 0 Å². The minimum Gasteiger partial charge on any atom is -0.545 e. The quantitative estimate of drug-likeness (QED) is 0.798. The maximum absolute atomic E-state index is 10.8. The second-order valence-corrected chi connectivity index (χ2v) is 4.42. The van der Waals surface area contributed by atoms with E-state index in [1.807, 2.05) is 0 Å². The number of carbonyl (C=O) groups is 1. The van der Waals surface area contributed by atoms with Gasteiger partial charge >= 0.3 is 0 Å². The fourth-order valence-electron chi connectivity index (χ4n) is 1.19. The van der Waals surface area contributed by atoms with Gasteiger partial charge < -0.3 is 9.90 Å². The SMILES string of the molecule is O=C([O-])c1ccccc1-c1n[nH]c(=S)s1. The molecule has 2 rings (SSSR count). The van der Waals surface area contributed by atoms with Crippen molar-refractivity contribution >= 4 is 29.5 Å². The normalized spacial score (nSPS) is 10.1. The molecule has 0 atom stereocenters. The van der Waals surface area contributed by atoms with Crippen LogP contribution in [-0.2, 0) is 0 Å². The van der Waals surface area contributed by atoms with Crippen molar-refractivity contribution in [2.24, 2.45) is 0 Å². The lowest BCUT2D eigenvalue weighted by molar-refractivity contribution is -0.254. The number of nitrogens with zero attached hydrogens (tertiary/aromatic N) is 1. The lowest BCUT2D eigenvalue weighted by Crippen LogP contribution is -2.22. The smallest absolute Gasteiger partial charge is 0.176 e. The fourth-order valence-corrected chi connectivity index (χ4v) is 2.12. The van der Waals surface area contributed by atoms with E-state index < -0.39 is 5.97 Å². The largest absolute Gasteiger partial charge is 0.545 e. The summed E-state index contributed by atoms with van der Waals surface area (Å²) in [6.07, 6.45) is 0. The van der Waals surface area contributed by atoms with E-state index in [-0.39, 0.29) is 5.56 Å². The monoisotopic (exact) mass is 237 g/mol. The van der Waals surface area contributed by atoms with Crippen LogP contribution in [0.5, 0.6) is 0 Å². The number of rotatable bonds is 2. The molecular weight excluding hydrogens is 232 g/mol. The molecule has 2 aromatic rings. The van der Waals surface area contributed by atoms with Gasteiger partial charge in [0.1, 0.15) is 5.01 Å². The summed E-state index contributed by atoms with van der Waals surface area (Å²) in [5, 5.41) is 17.9. The highest BCUT2D eigenvalue weighted by molar-refractivity contribution is 7.73. The van der Waals surface area contributed by atoms with Crippen LogP contribution in [0.25, 0.3) is 10.6 Å². The van der Waals surface area contributed by atoms with Crippen LogP contribution in [0.1, 0.15) is 10.4 Å². The van der Waals surface area contributed by atoms with E-state index in [0.29, 0.717) is 14.5 Å². The number of nitrogens with one attached hydrogen (secondary N) is 1. The fraction of sp³-hybridized carbons (Fsp3) is 0.